The molecule has 0 aliphatic carbocycles. The van der Waals surface area contributed by atoms with Gasteiger partial charge in [-0.25, -0.2) is 13.6 Å². The van der Waals surface area contributed by atoms with Crippen molar-refractivity contribution in [1.29, 1.82) is 0 Å². The number of ether oxygens (including phenoxy) is 1. The number of hydrogen-bond donors (Lipinski definition) is 1. The van der Waals surface area contributed by atoms with E-state index in [1.165, 1.54) is 17.2 Å². The third-order valence-electron chi connectivity index (χ3n) is 4.63. The van der Waals surface area contributed by atoms with Crippen LogP contribution >= 0.6 is 0 Å². The predicted octanol–water partition coefficient (Wildman–Crippen LogP) is 3.04. The molecule has 2 aliphatic heterocycles. The van der Waals surface area contributed by atoms with Crippen LogP contribution in [0.25, 0.3) is 0 Å². The number of piperidine rings is 1. The Balaban J connectivity index is 1.64. The first-order valence-corrected chi connectivity index (χ1v) is 7.35. The molecule has 2 aliphatic rings. The average molecular weight is 312 g/mol. The van der Waals surface area contributed by atoms with Gasteiger partial charge in [0.15, 0.2) is 0 Å². The van der Waals surface area contributed by atoms with Gasteiger partial charge in [0.25, 0.3) is 6.43 Å². The minimum atomic E-state index is -2.51. The van der Waals surface area contributed by atoms with Crippen molar-refractivity contribution in [2.45, 2.75) is 37.2 Å². The monoisotopic (exact) mass is 312 g/mol. The maximum atomic E-state index is 12.5. The molecule has 7 heteroatoms. The third kappa shape index (κ3) is 2.90. The number of aromatic nitrogens is 1. The molecule has 1 spiro atoms. The second-order valence-corrected chi connectivity index (χ2v) is 5.98. The number of nitrogens with zero attached hydrogens (tertiary/aromatic N) is 2. The van der Waals surface area contributed by atoms with E-state index in [0.29, 0.717) is 32.5 Å². The molecule has 1 atom stereocenters. The molecular weight excluding hydrogens is 294 g/mol. The van der Waals surface area contributed by atoms with Crippen LogP contribution in [0.15, 0.2) is 18.3 Å². The number of halogens is 2. The van der Waals surface area contributed by atoms with Gasteiger partial charge in [0.2, 0.25) is 0 Å². The first-order valence-electron chi connectivity index (χ1n) is 7.35. The topological polar surface area (TPSA) is 62.7 Å². The fraction of sp³-hybridized carbons (Fsp3) is 0.600. The van der Waals surface area contributed by atoms with Gasteiger partial charge < -0.3 is 14.7 Å². The lowest BCUT2D eigenvalue weighted by atomic mass is 9.84. The number of rotatable bonds is 2. The number of alkyl halides is 2. The van der Waals surface area contributed by atoms with E-state index >= 15 is 0 Å². The van der Waals surface area contributed by atoms with Gasteiger partial charge >= 0.3 is 6.09 Å². The summed E-state index contributed by atoms with van der Waals surface area (Å²) < 4.78 is 31.0. The molecule has 2 saturated heterocycles. The highest BCUT2D eigenvalue weighted by Crippen LogP contribution is 2.42. The summed E-state index contributed by atoms with van der Waals surface area (Å²) in [6.45, 7) is 1.45. The Morgan fingerprint density at radius 2 is 2.14 bits per heavy atom. The van der Waals surface area contributed by atoms with Crippen molar-refractivity contribution in [2.75, 3.05) is 19.7 Å². The molecule has 1 aromatic heterocycles. The van der Waals surface area contributed by atoms with Crippen molar-refractivity contribution < 1.29 is 23.4 Å². The average Bonchev–Trinajstić information content (AvgIpc) is 2.91. The second kappa shape index (κ2) is 5.79. The summed E-state index contributed by atoms with van der Waals surface area (Å²) >= 11 is 0. The fourth-order valence-electron chi connectivity index (χ4n) is 3.28. The van der Waals surface area contributed by atoms with E-state index in [0.717, 1.165) is 12.1 Å². The lowest BCUT2D eigenvalue weighted by Gasteiger charge is -2.37. The molecule has 0 radical (unpaired) electrons. The maximum Gasteiger partial charge on any atom is 0.407 e. The van der Waals surface area contributed by atoms with Crippen molar-refractivity contribution in [1.82, 2.24) is 9.88 Å². The SMILES string of the molecule is O=C(O)N1CCC2(CC1)CC(c1ccc(C(F)F)cn1)CO2. The van der Waals surface area contributed by atoms with Gasteiger partial charge in [-0.3, -0.25) is 4.98 Å². The quantitative estimate of drug-likeness (QED) is 0.912. The van der Waals surface area contributed by atoms with Gasteiger partial charge in [-0.1, -0.05) is 0 Å². The van der Waals surface area contributed by atoms with E-state index in [-0.39, 0.29) is 17.1 Å². The maximum absolute atomic E-state index is 12.5. The standard InChI is InChI=1S/C15H18F2N2O3/c16-13(17)10-1-2-12(18-8-10)11-7-15(22-9-11)3-5-19(6-4-15)14(20)21/h1-2,8,11,13H,3-7,9H2,(H,20,21). The molecule has 3 heterocycles. The van der Waals surface area contributed by atoms with Gasteiger partial charge in [-0.2, -0.15) is 0 Å². The van der Waals surface area contributed by atoms with Gasteiger partial charge in [-0.05, 0) is 31.4 Å². The van der Waals surface area contributed by atoms with Crippen LogP contribution in [-0.4, -0.2) is 46.4 Å². The molecule has 5 nitrogen and oxygen atoms in total. The number of likely N-dealkylation sites (tertiary alicyclic amines) is 1. The van der Waals surface area contributed by atoms with Gasteiger partial charge in [0.05, 0.1) is 12.2 Å². The van der Waals surface area contributed by atoms with E-state index in [9.17, 15) is 13.6 Å². The predicted molar refractivity (Wildman–Crippen MR) is 74.1 cm³/mol. The van der Waals surface area contributed by atoms with Crippen LogP contribution in [0.1, 0.15) is 42.9 Å². The Kier molecular flexibility index (Phi) is 3.99. The Bertz CT molecular complexity index is 542. The van der Waals surface area contributed by atoms with Crippen LogP contribution in [0, 0.1) is 0 Å². The molecule has 0 aromatic carbocycles. The molecule has 0 saturated carbocycles. The van der Waals surface area contributed by atoms with Crippen LogP contribution in [0.2, 0.25) is 0 Å². The lowest BCUT2D eigenvalue weighted by molar-refractivity contribution is -0.0394. The normalized spacial score (nSPS) is 24.1. The van der Waals surface area contributed by atoms with Crippen molar-refractivity contribution in [3.8, 4) is 0 Å². The minimum absolute atomic E-state index is 0.0767. The summed E-state index contributed by atoms with van der Waals surface area (Å²) in [5.74, 6) is 0.0862. The minimum Gasteiger partial charge on any atom is -0.465 e. The zero-order valence-corrected chi connectivity index (χ0v) is 12.0. The van der Waals surface area contributed by atoms with Crippen LogP contribution in [0.4, 0.5) is 13.6 Å². The van der Waals surface area contributed by atoms with E-state index in [1.54, 1.807) is 6.07 Å². The van der Waals surface area contributed by atoms with Gasteiger partial charge in [0, 0.05) is 36.5 Å². The summed E-state index contributed by atoms with van der Waals surface area (Å²) in [6, 6.07) is 3.05. The van der Waals surface area contributed by atoms with Gasteiger partial charge in [0.1, 0.15) is 0 Å². The second-order valence-electron chi connectivity index (χ2n) is 5.98. The molecule has 1 amide bonds. The number of amides is 1. The van der Waals surface area contributed by atoms with Crippen LogP contribution in [0.3, 0.4) is 0 Å². The summed E-state index contributed by atoms with van der Waals surface area (Å²) in [5.41, 5.74) is 0.397. The largest absolute Gasteiger partial charge is 0.465 e. The highest BCUT2D eigenvalue weighted by atomic mass is 19.3. The Morgan fingerprint density at radius 1 is 1.41 bits per heavy atom. The number of pyridine rings is 1. The lowest BCUT2D eigenvalue weighted by Crippen LogP contribution is -2.45. The summed E-state index contributed by atoms with van der Waals surface area (Å²) in [5, 5.41) is 8.98. The first kappa shape index (κ1) is 15.1. The molecule has 1 N–H and O–H groups in total. The zero-order valence-electron chi connectivity index (χ0n) is 12.0. The smallest absolute Gasteiger partial charge is 0.407 e. The van der Waals surface area contributed by atoms with Gasteiger partial charge in [-0.15, -0.1) is 0 Å². The summed E-state index contributed by atoms with van der Waals surface area (Å²) in [7, 11) is 0. The number of carbonyl (C=O) groups is 1. The van der Waals surface area contributed by atoms with Crippen molar-refractivity contribution in [3.05, 3.63) is 29.6 Å². The van der Waals surface area contributed by atoms with Crippen LogP contribution < -0.4 is 0 Å². The Labute approximate surface area is 126 Å². The molecular formula is C15H18F2N2O3. The van der Waals surface area contributed by atoms with E-state index in [2.05, 4.69) is 4.98 Å². The molecule has 3 rings (SSSR count). The summed E-state index contributed by atoms with van der Waals surface area (Å²) in [4.78, 5) is 16.5. The Morgan fingerprint density at radius 3 is 2.68 bits per heavy atom. The Hall–Kier alpha value is -1.76. The van der Waals surface area contributed by atoms with E-state index in [4.69, 9.17) is 9.84 Å². The number of hydrogen-bond acceptors (Lipinski definition) is 3. The molecule has 0 bridgehead atoms. The zero-order chi connectivity index (χ0) is 15.7. The van der Waals surface area contributed by atoms with Crippen LogP contribution in [0.5, 0.6) is 0 Å². The molecule has 120 valence electrons. The molecule has 22 heavy (non-hydrogen) atoms. The van der Waals surface area contributed by atoms with Crippen molar-refractivity contribution >= 4 is 6.09 Å². The highest BCUT2D eigenvalue weighted by molar-refractivity contribution is 5.65. The third-order valence-corrected chi connectivity index (χ3v) is 4.63. The van der Waals surface area contributed by atoms with Crippen LogP contribution in [-0.2, 0) is 4.74 Å². The van der Waals surface area contributed by atoms with E-state index in [1.807, 2.05) is 0 Å². The number of carboxylic acid groups (broad SMARTS) is 1. The van der Waals surface area contributed by atoms with E-state index < -0.39 is 12.5 Å². The summed E-state index contributed by atoms with van der Waals surface area (Å²) in [6.07, 6.45) is -0.0725. The van der Waals surface area contributed by atoms with Crippen molar-refractivity contribution in [3.63, 3.8) is 0 Å². The molecule has 1 aromatic rings. The highest BCUT2D eigenvalue weighted by Gasteiger charge is 2.44. The first-order chi connectivity index (χ1) is 10.5. The molecule has 1 unspecified atom stereocenters. The fourth-order valence-corrected chi connectivity index (χ4v) is 3.28. The molecule has 2 fully saturated rings. The van der Waals surface area contributed by atoms with Crippen molar-refractivity contribution in [2.24, 2.45) is 0 Å².